The zero-order chi connectivity index (χ0) is 17.8. The van der Waals surface area contributed by atoms with Crippen LogP contribution in [0.15, 0.2) is 54.6 Å². The minimum atomic E-state index is -0.352. The van der Waals surface area contributed by atoms with Gasteiger partial charge >= 0.3 is 0 Å². The second-order valence-electron chi connectivity index (χ2n) is 5.42. The van der Waals surface area contributed by atoms with Crippen molar-refractivity contribution in [2.45, 2.75) is 13.5 Å². The van der Waals surface area contributed by atoms with E-state index in [1.165, 1.54) is 24.3 Å². The van der Waals surface area contributed by atoms with Crippen molar-refractivity contribution in [1.82, 2.24) is 9.78 Å². The zero-order valence-corrected chi connectivity index (χ0v) is 14.0. The zero-order valence-electron chi connectivity index (χ0n) is 14.0. The van der Waals surface area contributed by atoms with Crippen LogP contribution in [0.5, 0.6) is 5.75 Å². The first-order valence-corrected chi connectivity index (χ1v) is 7.90. The predicted octanol–water partition coefficient (Wildman–Crippen LogP) is 3.97. The number of carbonyl (C=O) groups excluding carboxylic acids is 1. The summed E-state index contributed by atoms with van der Waals surface area (Å²) < 4.78 is 19.9. The van der Waals surface area contributed by atoms with Crippen LogP contribution in [0.1, 0.15) is 17.4 Å². The van der Waals surface area contributed by atoms with Gasteiger partial charge in [-0.25, -0.2) is 4.39 Å². The van der Waals surface area contributed by atoms with Gasteiger partial charge in [0.25, 0.3) is 5.91 Å². The lowest BCUT2D eigenvalue weighted by Gasteiger charge is -2.05. The molecule has 1 amide bonds. The van der Waals surface area contributed by atoms with Crippen LogP contribution in [-0.2, 0) is 6.54 Å². The number of halogens is 1. The summed E-state index contributed by atoms with van der Waals surface area (Å²) in [6, 6.07) is 14.9. The molecule has 1 aromatic heterocycles. The predicted molar refractivity (Wildman–Crippen MR) is 94.2 cm³/mol. The van der Waals surface area contributed by atoms with E-state index in [9.17, 15) is 9.18 Å². The standard InChI is InChI=1S/C19H18FN3O2/c1-3-23-18(13-4-10-16(25-2)11-5-13)12-17(22-23)19(24)21-15-8-6-14(20)7-9-15/h4-12H,3H2,1-2H3,(H,21,24). The summed E-state index contributed by atoms with van der Waals surface area (Å²) >= 11 is 0. The number of ether oxygens (including phenoxy) is 1. The third-order valence-corrected chi connectivity index (χ3v) is 3.80. The smallest absolute Gasteiger partial charge is 0.276 e. The van der Waals surface area contributed by atoms with E-state index in [1.54, 1.807) is 17.9 Å². The van der Waals surface area contributed by atoms with E-state index in [0.717, 1.165) is 17.0 Å². The van der Waals surface area contributed by atoms with Crippen molar-refractivity contribution in [1.29, 1.82) is 0 Å². The van der Waals surface area contributed by atoms with E-state index in [2.05, 4.69) is 10.4 Å². The monoisotopic (exact) mass is 339 g/mol. The van der Waals surface area contributed by atoms with E-state index < -0.39 is 0 Å². The van der Waals surface area contributed by atoms with Gasteiger partial charge in [0.05, 0.1) is 12.8 Å². The fourth-order valence-electron chi connectivity index (χ4n) is 2.49. The number of nitrogens with zero attached hydrogens (tertiary/aromatic N) is 2. The number of benzene rings is 2. The molecule has 3 rings (SSSR count). The summed E-state index contributed by atoms with van der Waals surface area (Å²) in [4.78, 5) is 12.4. The van der Waals surface area contributed by atoms with Crippen molar-refractivity contribution < 1.29 is 13.9 Å². The maximum Gasteiger partial charge on any atom is 0.276 e. The van der Waals surface area contributed by atoms with E-state index in [-0.39, 0.29) is 11.7 Å². The number of hydrogen-bond donors (Lipinski definition) is 1. The molecule has 0 saturated heterocycles. The molecule has 3 aromatic rings. The highest BCUT2D eigenvalue weighted by Crippen LogP contribution is 2.24. The Bertz CT molecular complexity index is 871. The molecule has 0 spiro atoms. The van der Waals surface area contributed by atoms with Gasteiger partial charge in [0.1, 0.15) is 11.6 Å². The largest absolute Gasteiger partial charge is 0.497 e. The van der Waals surface area contributed by atoms with Crippen LogP contribution >= 0.6 is 0 Å². The minimum absolute atomic E-state index is 0.303. The fraction of sp³-hybridized carbons (Fsp3) is 0.158. The molecule has 0 aliphatic carbocycles. The molecular formula is C19H18FN3O2. The molecular weight excluding hydrogens is 321 g/mol. The Kier molecular flexibility index (Phi) is 4.79. The average Bonchev–Trinajstić information content (AvgIpc) is 3.08. The first-order chi connectivity index (χ1) is 12.1. The molecule has 0 atom stereocenters. The third kappa shape index (κ3) is 3.68. The summed E-state index contributed by atoms with van der Waals surface area (Å²) in [5.74, 6) is 0.0733. The highest BCUT2D eigenvalue weighted by atomic mass is 19.1. The number of aromatic nitrogens is 2. The maximum absolute atomic E-state index is 13.0. The molecule has 2 aromatic carbocycles. The number of rotatable bonds is 5. The molecule has 6 heteroatoms. The van der Waals surface area contributed by atoms with Crippen LogP contribution in [0.2, 0.25) is 0 Å². The van der Waals surface area contributed by atoms with Gasteiger partial charge in [0.2, 0.25) is 0 Å². The molecule has 25 heavy (non-hydrogen) atoms. The number of methoxy groups -OCH3 is 1. The van der Waals surface area contributed by atoms with Crippen molar-refractivity contribution in [2.24, 2.45) is 0 Å². The fourth-order valence-corrected chi connectivity index (χ4v) is 2.49. The van der Waals surface area contributed by atoms with Crippen molar-refractivity contribution >= 4 is 11.6 Å². The number of hydrogen-bond acceptors (Lipinski definition) is 3. The number of anilines is 1. The summed E-state index contributed by atoms with van der Waals surface area (Å²) in [5, 5.41) is 7.08. The minimum Gasteiger partial charge on any atom is -0.497 e. The SMILES string of the molecule is CCn1nc(C(=O)Nc2ccc(F)cc2)cc1-c1ccc(OC)cc1. The molecule has 0 aliphatic rings. The highest BCUT2D eigenvalue weighted by molar-refractivity contribution is 6.03. The number of amides is 1. The Morgan fingerprint density at radius 1 is 1.16 bits per heavy atom. The molecule has 0 bridgehead atoms. The number of carbonyl (C=O) groups is 1. The Morgan fingerprint density at radius 3 is 2.44 bits per heavy atom. The van der Waals surface area contributed by atoms with Crippen LogP contribution in [0, 0.1) is 5.82 Å². The van der Waals surface area contributed by atoms with Crippen LogP contribution in [0.4, 0.5) is 10.1 Å². The van der Waals surface area contributed by atoms with Crippen molar-refractivity contribution in [3.63, 3.8) is 0 Å². The summed E-state index contributed by atoms with van der Waals surface area (Å²) in [5.41, 5.74) is 2.60. The van der Waals surface area contributed by atoms with E-state index in [4.69, 9.17) is 4.74 Å². The van der Waals surface area contributed by atoms with E-state index >= 15 is 0 Å². The molecule has 0 aliphatic heterocycles. The lowest BCUT2D eigenvalue weighted by atomic mass is 10.1. The van der Waals surface area contributed by atoms with Gasteiger partial charge in [-0.05, 0) is 61.5 Å². The quantitative estimate of drug-likeness (QED) is 0.765. The second kappa shape index (κ2) is 7.17. The van der Waals surface area contributed by atoms with Crippen LogP contribution in [0.3, 0.4) is 0 Å². The lowest BCUT2D eigenvalue weighted by molar-refractivity contribution is 0.102. The molecule has 0 fully saturated rings. The molecule has 1 heterocycles. The Labute approximate surface area is 145 Å². The molecule has 0 unspecified atom stereocenters. The van der Waals surface area contributed by atoms with Crippen molar-refractivity contribution in [3.8, 4) is 17.0 Å². The summed E-state index contributed by atoms with van der Waals surface area (Å²) in [7, 11) is 1.61. The van der Waals surface area contributed by atoms with Gasteiger partial charge in [-0.2, -0.15) is 5.10 Å². The van der Waals surface area contributed by atoms with Gasteiger partial charge in [0, 0.05) is 17.8 Å². The summed E-state index contributed by atoms with van der Waals surface area (Å²) in [6.07, 6.45) is 0. The van der Waals surface area contributed by atoms with Crippen molar-refractivity contribution in [3.05, 3.63) is 66.1 Å². The topological polar surface area (TPSA) is 56.2 Å². The van der Waals surface area contributed by atoms with Gasteiger partial charge in [-0.1, -0.05) is 0 Å². The van der Waals surface area contributed by atoms with Crippen LogP contribution in [-0.4, -0.2) is 22.8 Å². The third-order valence-electron chi connectivity index (χ3n) is 3.80. The Balaban J connectivity index is 1.86. The van der Waals surface area contributed by atoms with Crippen LogP contribution < -0.4 is 10.1 Å². The Hall–Kier alpha value is -3.15. The van der Waals surface area contributed by atoms with E-state index in [0.29, 0.717) is 17.9 Å². The molecule has 128 valence electrons. The summed E-state index contributed by atoms with van der Waals surface area (Å²) in [6.45, 7) is 2.59. The van der Waals surface area contributed by atoms with Crippen LogP contribution in [0.25, 0.3) is 11.3 Å². The Morgan fingerprint density at radius 2 is 1.84 bits per heavy atom. The molecule has 5 nitrogen and oxygen atoms in total. The first kappa shape index (κ1) is 16.7. The van der Waals surface area contributed by atoms with E-state index in [1.807, 2.05) is 31.2 Å². The molecule has 0 saturated carbocycles. The van der Waals surface area contributed by atoms with Gasteiger partial charge in [-0.15, -0.1) is 0 Å². The van der Waals surface area contributed by atoms with Gasteiger partial charge in [-0.3, -0.25) is 9.48 Å². The second-order valence-corrected chi connectivity index (χ2v) is 5.42. The maximum atomic E-state index is 13.0. The van der Waals surface area contributed by atoms with Gasteiger partial charge in [0.15, 0.2) is 5.69 Å². The van der Waals surface area contributed by atoms with Crippen molar-refractivity contribution in [2.75, 3.05) is 12.4 Å². The molecule has 0 radical (unpaired) electrons. The van der Waals surface area contributed by atoms with Gasteiger partial charge < -0.3 is 10.1 Å². The number of nitrogens with one attached hydrogen (secondary N) is 1. The first-order valence-electron chi connectivity index (χ1n) is 7.90. The lowest BCUT2D eigenvalue weighted by Crippen LogP contribution is -2.13. The normalized spacial score (nSPS) is 10.5. The number of aryl methyl sites for hydroxylation is 1. The average molecular weight is 339 g/mol. The molecule has 1 N–H and O–H groups in total. The highest BCUT2D eigenvalue weighted by Gasteiger charge is 2.15.